The van der Waals surface area contributed by atoms with Crippen LogP contribution in [0.5, 0.6) is 11.5 Å². The number of methoxy groups -OCH3 is 2. The van der Waals surface area contributed by atoms with Crippen LogP contribution in [0.4, 0.5) is 0 Å². The zero-order valence-corrected chi connectivity index (χ0v) is 11.8. The molecule has 3 heteroatoms. The standard InChI is InChI=1S/C16H22O3/c1-4-5-6-7-8-9-15(17)14-11-10-13(18-2)12-16(14)19-3/h4,10-12H,1,5-9H2,2-3H3. The molecule has 0 aliphatic rings. The second-order valence-corrected chi connectivity index (χ2v) is 4.38. The van der Waals surface area contributed by atoms with Gasteiger partial charge in [0.15, 0.2) is 5.78 Å². The normalized spacial score (nSPS) is 10.0. The summed E-state index contributed by atoms with van der Waals surface area (Å²) in [7, 11) is 3.16. The van der Waals surface area contributed by atoms with Gasteiger partial charge < -0.3 is 9.47 Å². The molecule has 0 spiro atoms. The predicted octanol–water partition coefficient (Wildman–Crippen LogP) is 4.02. The van der Waals surface area contributed by atoms with Crippen LogP contribution in [-0.2, 0) is 0 Å². The molecule has 0 fully saturated rings. The molecule has 0 saturated heterocycles. The van der Waals surface area contributed by atoms with Crippen molar-refractivity contribution in [3.63, 3.8) is 0 Å². The summed E-state index contributed by atoms with van der Waals surface area (Å²) < 4.78 is 10.4. The van der Waals surface area contributed by atoms with Crippen LogP contribution in [0, 0.1) is 0 Å². The van der Waals surface area contributed by atoms with E-state index in [4.69, 9.17) is 9.47 Å². The topological polar surface area (TPSA) is 35.5 Å². The van der Waals surface area contributed by atoms with Gasteiger partial charge in [-0.05, 0) is 31.4 Å². The SMILES string of the molecule is C=CCCCCCC(=O)c1ccc(OC)cc1OC. The van der Waals surface area contributed by atoms with Gasteiger partial charge in [0.05, 0.1) is 19.8 Å². The summed E-state index contributed by atoms with van der Waals surface area (Å²) in [6.07, 6.45) is 6.53. The van der Waals surface area contributed by atoms with Crippen LogP contribution in [0.3, 0.4) is 0 Å². The number of Topliss-reactive ketones (excluding diaryl/α,β-unsaturated/α-hetero) is 1. The molecular formula is C16H22O3. The van der Waals surface area contributed by atoms with E-state index in [0.717, 1.165) is 25.7 Å². The Morgan fingerprint density at radius 2 is 2.00 bits per heavy atom. The number of allylic oxidation sites excluding steroid dienone is 1. The molecule has 0 heterocycles. The average molecular weight is 262 g/mol. The lowest BCUT2D eigenvalue weighted by molar-refractivity contribution is 0.0976. The van der Waals surface area contributed by atoms with Gasteiger partial charge in [0.25, 0.3) is 0 Å². The number of ketones is 1. The van der Waals surface area contributed by atoms with Crippen LogP contribution >= 0.6 is 0 Å². The highest BCUT2D eigenvalue weighted by Crippen LogP contribution is 2.26. The molecule has 1 aromatic carbocycles. The summed E-state index contributed by atoms with van der Waals surface area (Å²) in [5, 5.41) is 0. The molecule has 19 heavy (non-hydrogen) atoms. The third-order valence-corrected chi connectivity index (χ3v) is 3.02. The lowest BCUT2D eigenvalue weighted by atomic mass is 10.0. The van der Waals surface area contributed by atoms with Crippen LogP contribution in [0.25, 0.3) is 0 Å². The zero-order chi connectivity index (χ0) is 14.1. The van der Waals surface area contributed by atoms with Crippen molar-refractivity contribution in [1.82, 2.24) is 0 Å². The third-order valence-electron chi connectivity index (χ3n) is 3.02. The van der Waals surface area contributed by atoms with Gasteiger partial charge in [-0.25, -0.2) is 0 Å². The van der Waals surface area contributed by atoms with Crippen molar-refractivity contribution in [2.45, 2.75) is 32.1 Å². The number of carbonyl (C=O) groups is 1. The van der Waals surface area contributed by atoms with E-state index in [1.54, 1.807) is 32.4 Å². The smallest absolute Gasteiger partial charge is 0.166 e. The van der Waals surface area contributed by atoms with Crippen molar-refractivity contribution in [2.75, 3.05) is 14.2 Å². The molecule has 1 aromatic rings. The Morgan fingerprint density at radius 3 is 2.63 bits per heavy atom. The van der Waals surface area contributed by atoms with E-state index >= 15 is 0 Å². The molecule has 104 valence electrons. The predicted molar refractivity (Wildman–Crippen MR) is 77.2 cm³/mol. The molecular weight excluding hydrogens is 240 g/mol. The minimum absolute atomic E-state index is 0.123. The second kappa shape index (κ2) is 8.35. The second-order valence-electron chi connectivity index (χ2n) is 4.38. The number of unbranched alkanes of at least 4 members (excludes halogenated alkanes) is 3. The van der Waals surface area contributed by atoms with Crippen LogP contribution in [0.2, 0.25) is 0 Å². The Balaban J connectivity index is 2.58. The summed E-state index contributed by atoms with van der Waals surface area (Å²) in [5.41, 5.74) is 0.632. The van der Waals surface area contributed by atoms with Gasteiger partial charge in [0, 0.05) is 12.5 Å². The number of benzene rings is 1. The Morgan fingerprint density at radius 1 is 1.21 bits per heavy atom. The fourth-order valence-electron chi connectivity index (χ4n) is 1.91. The van der Waals surface area contributed by atoms with E-state index in [2.05, 4.69) is 6.58 Å². The number of rotatable bonds is 9. The van der Waals surface area contributed by atoms with Crippen molar-refractivity contribution in [3.8, 4) is 11.5 Å². The Labute approximate surface area is 115 Å². The summed E-state index contributed by atoms with van der Waals surface area (Å²) in [4.78, 5) is 12.1. The van der Waals surface area contributed by atoms with E-state index in [9.17, 15) is 4.79 Å². The van der Waals surface area contributed by atoms with Crippen LogP contribution < -0.4 is 9.47 Å². The summed E-state index contributed by atoms with van der Waals surface area (Å²) in [6, 6.07) is 5.29. The number of carbonyl (C=O) groups excluding carboxylic acids is 1. The third kappa shape index (κ3) is 4.78. The van der Waals surface area contributed by atoms with E-state index in [0.29, 0.717) is 23.5 Å². The minimum Gasteiger partial charge on any atom is -0.497 e. The summed E-state index contributed by atoms with van der Waals surface area (Å²) in [6.45, 7) is 3.68. The molecule has 0 radical (unpaired) electrons. The quantitative estimate of drug-likeness (QED) is 0.383. The fourth-order valence-corrected chi connectivity index (χ4v) is 1.91. The first-order valence-electron chi connectivity index (χ1n) is 6.59. The monoisotopic (exact) mass is 262 g/mol. The minimum atomic E-state index is 0.123. The van der Waals surface area contributed by atoms with E-state index < -0.39 is 0 Å². The van der Waals surface area contributed by atoms with E-state index in [-0.39, 0.29) is 5.78 Å². The average Bonchev–Trinajstić information content (AvgIpc) is 2.46. The van der Waals surface area contributed by atoms with Crippen LogP contribution in [0.15, 0.2) is 30.9 Å². The number of hydrogen-bond acceptors (Lipinski definition) is 3. The van der Waals surface area contributed by atoms with Crippen molar-refractivity contribution in [3.05, 3.63) is 36.4 Å². The first-order chi connectivity index (χ1) is 9.22. The van der Waals surface area contributed by atoms with Gasteiger partial charge in [0.2, 0.25) is 0 Å². The van der Waals surface area contributed by atoms with Gasteiger partial charge >= 0.3 is 0 Å². The van der Waals surface area contributed by atoms with Gasteiger partial charge in [-0.15, -0.1) is 6.58 Å². The highest BCUT2D eigenvalue weighted by Gasteiger charge is 2.12. The summed E-state index contributed by atoms with van der Waals surface area (Å²) in [5.74, 6) is 1.40. The lowest BCUT2D eigenvalue weighted by Crippen LogP contribution is -2.02. The van der Waals surface area contributed by atoms with Crippen molar-refractivity contribution in [2.24, 2.45) is 0 Å². The molecule has 0 bridgehead atoms. The van der Waals surface area contributed by atoms with Crippen LogP contribution in [0.1, 0.15) is 42.5 Å². The highest BCUT2D eigenvalue weighted by atomic mass is 16.5. The Bertz CT molecular complexity index is 424. The molecule has 0 aliphatic heterocycles. The number of hydrogen-bond donors (Lipinski definition) is 0. The maximum atomic E-state index is 12.1. The number of ether oxygens (including phenoxy) is 2. The van der Waals surface area contributed by atoms with Gasteiger partial charge in [-0.2, -0.15) is 0 Å². The van der Waals surface area contributed by atoms with Gasteiger partial charge in [-0.3, -0.25) is 4.79 Å². The molecule has 0 amide bonds. The lowest BCUT2D eigenvalue weighted by Gasteiger charge is -2.09. The maximum absolute atomic E-state index is 12.1. The molecule has 1 rings (SSSR count). The van der Waals surface area contributed by atoms with Crippen molar-refractivity contribution < 1.29 is 14.3 Å². The molecule has 0 aromatic heterocycles. The summed E-state index contributed by atoms with van der Waals surface area (Å²) >= 11 is 0. The van der Waals surface area contributed by atoms with E-state index in [1.165, 1.54) is 0 Å². The molecule has 3 nitrogen and oxygen atoms in total. The van der Waals surface area contributed by atoms with Gasteiger partial charge in [0.1, 0.15) is 11.5 Å². The zero-order valence-electron chi connectivity index (χ0n) is 11.8. The fraction of sp³-hybridized carbons (Fsp3) is 0.438. The Hall–Kier alpha value is -1.77. The van der Waals surface area contributed by atoms with Crippen molar-refractivity contribution >= 4 is 5.78 Å². The van der Waals surface area contributed by atoms with Gasteiger partial charge in [-0.1, -0.05) is 12.5 Å². The first-order valence-corrected chi connectivity index (χ1v) is 6.59. The highest BCUT2D eigenvalue weighted by molar-refractivity contribution is 5.98. The first kappa shape index (κ1) is 15.3. The molecule has 0 saturated carbocycles. The molecule has 0 atom stereocenters. The maximum Gasteiger partial charge on any atom is 0.166 e. The molecule has 0 N–H and O–H groups in total. The van der Waals surface area contributed by atoms with E-state index in [1.807, 2.05) is 6.08 Å². The van der Waals surface area contributed by atoms with Crippen LogP contribution in [-0.4, -0.2) is 20.0 Å². The molecule has 0 unspecified atom stereocenters. The largest absolute Gasteiger partial charge is 0.497 e. The Kier molecular flexibility index (Phi) is 6.72. The van der Waals surface area contributed by atoms with Crippen molar-refractivity contribution in [1.29, 1.82) is 0 Å². The molecule has 0 aliphatic carbocycles.